The van der Waals surface area contributed by atoms with Crippen LogP contribution in [-0.4, -0.2) is 53.3 Å². The van der Waals surface area contributed by atoms with Crippen molar-refractivity contribution < 1.29 is 28.6 Å². The monoisotopic (exact) mass is 414 g/mol. The van der Waals surface area contributed by atoms with Gasteiger partial charge in [-0.2, -0.15) is 5.26 Å². The van der Waals surface area contributed by atoms with Gasteiger partial charge in [-0.05, 0) is 52.2 Å². The maximum absolute atomic E-state index is 13.3. The molecule has 3 rings (SSSR count). The molecule has 2 heterocycles. The highest BCUT2D eigenvalue weighted by atomic mass is 16.7. The molecule has 1 saturated heterocycles. The third kappa shape index (κ3) is 4.23. The van der Waals surface area contributed by atoms with E-state index >= 15 is 0 Å². The number of nitriles is 1. The smallest absolute Gasteiger partial charge is 0.334 e. The van der Waals surface area contributed by atoms with Gasteiger partial charge in [-0.1, -0.05) is 12.1 Å². The van der Waals surface area contributed by atoms with Crippen molar-refractivity contribution in [2.75, 3.05) is 13.2 Å². The first-order valence-electron chi connectivity index (χ1n) is 10.0. The molecule has 0 saturated carbocycles. The predicted octanol–water partition coefficient (Wildman–Crippen LogP) is 2.82. The van der Waals surface area contributed by atoms with Crippen LogP contribution in [0.3, 0.4) is 0 Å². The second-order valence-electron chi connectivity index (χ2n) is 8.42. The van der Waals surface area contributed by atoms with Crippen molar-refractivity contribution in [3.8, 4) is 6.07 Å². The van der Waals surface area contributed by atoms with Crippen LogP contribution in [0.15, 0.2) is 24.3 Å². The summed E-state index contributed by atoms with van der Waals surface area (Å²) in [7, 11) is 0. The van der Waals surface area contributed by atoms with Crippen LogP contribution in [0.5, 0.6) is 0 Å². The molecule has 0 N–H and O–H groups in total. The fourth-order valence-electron chi connectivity index (χ4n) is 3.76. The van der Waals surface area contributed by atoms with Gasteiger partial charge in [-0.3, -0.25) is 14.5 Å². The van der Waals surface area contributed by atoms with Crippen molar-refractivity contribution >= 4 is 17.8 Å². The number of esters is 1. The number of hydrogen-bond acceptors (Lipinski definition) is 7. The minimum absolute atomic E-state index is 0.0736. The van der Waals surface area contributed by atoms with Gasteiger partial charge < -0.3 is 14.2 Å². The van der Waals surface area contributed by atoms with Crippen LogP contribution in [0.4, 0.5) is 0 Å². The number of ether oxygens (including phenoxy) is 3. The van der Waals surface area contributed by atoms with Gasteiger partial charge in [0.25, 0.3) is 11.8 Å². The second-order valence-corrected chi connectivity index (χ2v) is 8.42. The highest BCUT2D eigenvalue weighted by Crippen LogP contribution is 2.37. The molecule has 1 fully saturated rings. The van der Waals surface area contributed by atoms with Gasteiger partial charge in [0, 0.05) is 0 Å². The summed E-state index contributed by atoms with van der Waals surface area (Å²) in [6.45, 7) is 6.09. The molecular weight excluding hydrogens is 388 g/mol. The number of fused-ring (bicyclic) bond motifs is 1. The van der Waals surface area contributed by atoms with Crippen LogP contribution in [0.25, 0.3) is 0 Å². The van der Waals surface area contributed by atoms with Crippen molar-refractivity contribution in [3.63, 3.8) is 0 Å². The number of hydrogen-bond donors (Lipinski definition) is 0. The Kier molecular flexibility index (Phi) is 6.25. The Hall–Kier alpha value is -2.76. The van der Waals surface area contributed by atoms with Crippen molar-refractivity contribution in [2.45, 2.75) is 63.9 Å². The minimum Gasteiger partial charge on any atom is -0.458 e. The summed E-state index contributed by atoms with van der Waals surface area (Å²) in [6.07, 6.45) is 0.188. The van der Waals surface area contributed by atoms with Gasteiger partial charge in [0.05, 0.1) is 36.8 Å². The lowest BCUT2D eigenvalue weighted by Gasteiger charge is -2.38. The van der Waals surface area contributed by atoms with Crippen LogP contribution in [0.1, 0.15) is 67.2 Å². The molecule has 0 spiro atoms. The Morgan fingerprint density at radius 2 is 1.73 bits per heavy atom. The van der Waals surface area contributed by atoms with Crippen molar-refractivity contribution in [1.82, 2.24) is 4.90 Å². The molecule has 0 bridgehead atoms. The van der Waals surface area contributed by atoms with E-state index in [4.69, 9.17) is 14.2 Å². The summed E-state index contributed by atoms with van der Waals surface area (Å²) in [6, 6.07) is 8.39. The summed E-state index contributed by atoms with van der Waals surface area (Å²) >= 11 is 0. The Morgan fingerprint density at radius 1 is 1.17 bits per heavy atom. The summed E-state index contributed by atoms with van der Waals surface area (Å²) in [5, 5.41) is 9.55. The lowest BCUT2D eigenvalue weighted by atomic mass is 9.86. The number of carbonyl (C=O) groups excluding carboxylic acids is 3. The molecule has 2 amide bonds. The summed E-state index contributed by atoms with van der Waals surface area (Å²) in [5.41, 5.74) is -2.14. The van der Waals surface area contributed by atoms with E-state index in [2.05, 4.69) is 0 Å². The van der Waals surface area contributed by atoms with Gasteiger partial charge >= 0.3 is 5.97 Å². The highest BCUT2D eigenvalue weighted by molar-refractivity contribution is 6.23. The third-order valence-electron chi connectivity index (χ3n) is 5.09. The number of carbonyl (C=O) groups is 3. The van der Waals surface area contributed by atoms with E-state index in [-0.39, 0.29) is 24.0 Å². The number of rotatable bonds is 7. The fourth-order valence-corrected chi connectivity index (χ4v) is 3.76. The molecule has 2 aliphatic heterocycles. The van der Waals surface area contributed by atoms with Crippen molar-refractivity contribution in [3.05, 3.63) is 35.4 Å². The van der Waals surface area contributed by atoms with E-state index in [1.165, 1.54) is 0 Å². The normalized spacial score (nSPS) is 18.8. The maximum Gasteiger partial charge on any atom is 0.334 e. The summed E-state index contributed by atoms with van der Waals surface area (Å²) in [5.74, 6) is -1.95. The van der Waals surface area contributed by atoms with E-state index in [9.17, 15) is 19.6 Å². The molecule has 0 aliphatic carbocycles. The molecule has 30 heavy (non-hydrogen) atoms. The van der Waals surface area contributed by atoms with E-state index in [1.807, 2.05) is 6.07 Å². The molecule has 8 nitrogen and oxygen atoms in total. The molecule has 1 aromatic carbocycles. The summed E-state index contributed by atoms with van der Waals surface area (Å²) in [4.78, 5) is 40.6. The minimum atomic E-state index is -1.73. The first-order chi connectivity index (χ1) is 14.2. The molecule has 1 unspecified atom stereocenters. The Bertz CT molecular complexity index is 843. The zero-order valence-corrected chi connectivity index (χ0v) is 17.5. The SMILES string of the molecule is CC(C)(C)OC(=O)C(CC#N)(CCCC1OCCO1)N1C(=O)c2ccccc2C1=O. The van der Waals surface area contributed by atoms with Crippen molar-refractivity contribution in [2.24, 2.45) is 0 Å². The van der Waals surface area contributed by atoms with Crippen LogP contribution in [0, 0.1) is 11.3 Å². The summed E-state index contributed by atoms with van der Waals surface area (Å²) < 4.78 is 16.5. The highest BCUT2D eigenvalue weighted by Gasteiger charge is 2.55. The Balaban J connectivity index is 1.96. The van der Waals surface area contributed by atoms with Gasteiger partial charge in [-0.25, -0.2) is 4.79 Å². The van der Waals surface area contributed by atoms with E-state index in [1.54, 1.807) is 45.0 Å². The first kappa shape index (κ1) is 21.9. The number of amides is 2. The van der Waals surface area contributed by atoms with Gasteiger partial charge in [0.15, 0.2) is 11.8 Å². The third-order valence-corrected chi connectivity index (χ3v) is 5.09. The van der Waals surface area contributed by atoms with E-state index < -0.39 is 35.2 Å². The van der Waals surface area contributed by atoms with Crippen molar-refractivity contribution in [1.29, 1.82) is 5.26 Å². The Labute approximate surface area is 175 Å². The number of imide groups is 1. The van der Waals surface area contributed by atoms with Crippen LogP contribution in [0.2, 0.25) is 0 Å². The number of nitrogens with zero attached hydrogens (tertiary/aromatic N) is 2. The van der Waals surface area contributed by atoms with Gasteiger partial charge in [0.2, 0.25) is 0 Å². The quantitative estimate of drug-likeness (QED) is 0.499. The zero-order valence-electron chi connectivity index (χ0n) is 17.5. The van der Waals surface area contributed by atoms with Gasteiger partial charge in [-0.15, -0.1) is 0 Å². The van der Waals surface area contributed by atoms with E-state index in [0.29, 0.717) is 26.1 Å². The molecule has 160 valence electrons. The standard InChI is InChI=1S/C22H26N2O6/c1-21(2,3)30-20(27)22(11-12-23,10-6-9-17-28-13-14-29-17)24-18(25)15-7-4-5-8-16(15)19(24)26/h4-5,7-8,17H,6,9-11,13-14H2,1-3H3. The second kappa shape index (κ2) is 8.54. The molecule has 0 aromatic heterocycles. The van der Waals surface area contributed by atoms with E-state index in [0.717, 1.165) is 4.90 Å². The molecule has 8 heteroatoms. The van der Waals surface area contributed by atoms with Crippen LogP contribution in [-0.2, 0) is 19.0 Å². The number of benzene rings is 1. The average molecular weight is 414 g/mol. The maximum atomic E-state index is 13.3. The molecule has 1 atom stereocenters. The topological polar surface area (TPSA) is 106 Å². The molecule has 2 aliphatic rings. The van der Waals surface area contributed by atoms with Crippen LogP contribution < -0.4 is 0 Å². The van der Waals surface area contributed by atoms with Crippen LogP contribution >= 0.6 is 0 Å². The molecule has 1 aromatic rings. The Morgan fingerprint density at radius 3 is 2.23 bits per heavy atom. The zero-order chi connectivity index (χ0) is 21.9. The lowest BCUT2D eigenvalue weighted by Crippen LogP contribution is -2.58. The largest absolute Gasteiger partial charge is 0.458 e. The fraction of sp³-hybridized carbons (Fsp3) is 0.545. The average Bonchev–Trinajstić information content (AvgIpc) is 3.27. The first-order valence-corrected chi connectivity index (χ1v) is 10.0. The lowest BCUT2D eigenvalue weighted by molar-refractivity contribution is -0.167. The molecular formula is C22H26N2O6. The molecule has 0 radical (unpaired) electrons. The van der Waals surface area contributed by atoms with Gasteiger partial charge in [0.1, 0.15) is 5.60 Å². The predicted molar refractivity (Wildman–Crippen MR) is 105 cm³/mol.